The van der Waals surface area contributed by atoms with Gasteiger partial charge in [0.05, 0.1) is 0 Å². The summed E-state index contributed by atoms with van der Waals surface area (Å²) in [5.74, 6) is 0.0704. The topological polar surface area (TPSA) is 98.8 Å². The van der Waals surface area contributed by atoms with E-state index in [4.69, 9.17) is 46.4 Å². The molecule has 2 N–H and O–H groups in total. The highest BCUT2D eigenvalue weighted by Gasteiger charge is 2.18. The zero-order chi connectivity index (χ0) is 22.8. The van der Waals surface area contributed by atoms with Crippen LogP contribution in [0.1, 0.15) is 25.7 Å². The molecule has 0 saturated heterocycles. The molecule has 0 rings (SSSR count). The number of halogens is 4. The molecule has 0 radical (unpaired) electrons. The molecule has 0 aromatic heterocycles. The second-order valence-corrected chi connectivity index (χ2v) is 7.73. The van der Waals surface area contributed by atoms with Crippen molar-refractivity contribution >= 4 is 70.0 Å². The average molecular weight is 508 g/mol. The fraction of sp³-hybridized carbons (Fsp3) is 0.778. The summed E-state index contributed by atoms with van der Waals surface area (Å²) >= 11 is 22.4. The molecule has 0 unspecified atom stereocenters. The molecule has 0 aliphatic carbocycles. The maximum atomic E-state index is 12.3. The van der Waals surface area contributed by atoms with Crippen LogP contribution in [0.2, 0.25) is 0 Å². The van der Waals surface area contributed by atoms with Crippen LogP contribution in [0.25, 0.3) is 0 Å². The predicted octanol–water partition coefficient (Wildman–Crippen LogP) is 1.39. The minimum Gasteiger partial charge on any atom is -0.354 e. The molecule has 12 heteroatoms. The fourth-order valence-electron chi connectivity index (χ4n) is 2.45. The quantitative estimate of drug-likeness (QED) is 0.290. The van der Waals surface area contributed by atoms with E-state index in [1.54, 1.807) is 9.80 Å². The lowest BCUT2D eigenvalue weighted by Crippen LogP contribution is -2.46. The molecule has 8 nitrogen and oxygen atoms in total. The number of carbonyl (C=O) groups is 4. The number of rotatable bonds is 17. The van der Waals surface area contributed by atoms with Gasteiger partial charge in [-0.2, -0.15) is 0 Å². The van der Waals surface area contributed by atoms with E-state index < -0.39 is 0 Å². The number of nitrogens with one attached hydrogen (secondary N) is 2. The zero-order valence-corrected chi connectivity index (χ0v) is 20.0. The number of amides is 4. The Hall–Kier alpha value is -0.960. The van der Waals surface area contributed by atoms with E-state index in [0.717, 1.165) is 0 Å². The summed E-state index contributed by atoms with van der Waals surface area (Å²) in [4.78, 5) is 50.9. The number of nitrogens with zero attached hydrogens (tertiary/aromatic N) is 2. The maximum Gasteiger partial charge on any atom is 0.223 e. The van der Waals surface area contributed by atoms with Gasteiger partial charge >= 0.3 is 0 Å². The molecule has 30 heavy (non-hydrogen) atoms. The lowest BCUT2D eigenvalue weighted by molar-refractivity contribution is -0.135. The van der Waals surface area contributed by atoms with Crippen molar-refractivity contribution in [2.24, 2.45) is 0 Å². The van der Waals surface area contributed by atoms with Crippen LogP contribution in [-0.4, -0.2) is 96.2 Å². The third kappa shape index (κ3) is 14.1. The Balaban J connectivity index is 4.80. The molecule has 174 valence electrons. The summed E-state index contributed by atoms with van der Waals surface area (Å²) in [5, 5.41) is 5.39. The number of alkyl halides is 4. The SMILES string of the molecule is O=C(CCCl)NCCN(CCN(CCNC(=O)CCCl)C(=O)CCCl)C(=O)CCCl. The van der Waals surface area contributed by atoms with Crippen LogP contribution in [0.3, 0.4) is 0 Å². The van der Waals surface area contributed by atoms with Crippen molar-refractivity contribution in [3.8, 4) is 0 Å². The van der Waals surface area contributed by atoms with Crippen LogP contribution >= 0.6 is 46.4 Å². The molecule has 0 bridgehead atoms. The predicted molar refractivity (Wildman–Crippen MR) is 121 cm³/mol. The van der Waals surface area contributed by atoms with Crippen LogP contribution < -0.4 is 10.6 Å². The van der Waals surface area contributed by atoms with Crippen LogP contribution in [0, 0.1) is 0 Å². The molecule has 0 spiro atoms. The van der Waals surface area contributed by atoms with Crippen molar-refractivity contribution in [3.63, 3.8) is 0 Å². The Morgan fingerprint density at radius 1 is 0.533 bits per heavy atom. The fourth-order valence-corrected chi connectivity index (χ4v) is 3.12. The van der Waals surface area contributed by atoms with Crippen LogP contribution in [-0.2, 0) is 19.2 Å². The molecular weight excluding hydrogens is 478 g/mol. The van der Waals surface area contributed by atoms with Crippen LogP contribution in [0.5, 0.6) is 0 Å². The van der Waals surface area contributed by atoms with Gasteiger partial charge in [-0.1, -0.05) is 0 Å². The lowest BCUT2D eigenvalue weighted by atomic mass is 10.3. The molecule has 0 heterocycles. The van der Waals surface area contributed by atoms with Gasteiger partial charge in [-0.05, 0) is 0 Å². The largest absolute Gasteiger partial charge is 0.354 e. The van der Waals surface area contributed by atoms with Crippen molar-refractivity contribution in [1.29, 1.82) is 0 Å². The molecule has 0 atom stereocenters. The summed E-state index contributed by atoms with van der Waals surface area (Å²) in [6, 6.07) is 0. The minimum absolute atomic E-state index is 0.154. The Bertz CT molecular complexity index is 494. The summed E-state index contributed by atoms with van der Waals surface area (Å²) in [6.07, 6.45) is 0.712. The first kappa shape index (κ1) is 29.0. The summed E-state index contributed by atoms with van der Waals surface area (Å²) < 4.78 is 0. The molecule has 0 fully saturated rings. The van der Waals surface area contributed by atoms with E-state index >= 15 is 0 Å². The summed E-state index contributed by atoms with van der Waals surface area (Å²) in [7, 11) is 0. The first-order chi connectivity index (χ1) is 14.4. The van der Waals surface area contributed by atoms with E-state index in [1.165, 1.54) is 0 Å². The summed E-state index contributed by atoms with van der Waals surface area (Å²) in [6.45, 7) is 1.65. The van der Waals surface area contributed by atoms with E-state index in [2.05, 4.69) is 10.6 Å². The Morgan fingerprint density at radius 2 is 0.867 bits per heavy atom. The highest BCUT2D eigenvalue weighted by molar-refractivity contribution is 6.19. The highest BCUT2D eigenvalue weighted by Crippen LogP contribution is 2.01. The van der Waals surface area contributed by atoms with Gasteiger partial charge in [-0.15, -0.1) is 46.4 Å². The van der Waals surface area contributed by atoms with Gasteiger partial charge in [-0.25, -0.2) is 0 Å². The van der Waals surface area contributed by atoms with Crippen molar-refractivity contribution in [2.75, 3.05) is 62.8 Å². The second kappa shape index (κ2) is 18.8. The van der Waals surface area contributed by atoms with Gasteiger partial charge in [0, 0.05) is 88.5 Å². The van der Waals surface area contributed by atoms with Gasteiger partial charge in [-0.3, -0.25) is 19.2 Å². The average Bonchev–Trinajstić information content (AvgIpc) is 2.69. The van der Waals surface area contributed by atoms with Gasteiger partial charge in [0.15, 0.2) is 0 Å². The van der Waals surface area contributed by atoms with Crippen molar-refractivity contribution in [2.45, 2.75) is 25.7 Å². The molecule has 0 aliphatic heterocycles. The molecular formula is C18H30Cl4N4O4. The van der Waals surface area contributed by atoms with Gasteiger partial charge in [0.2, 0.25) is 23.6 Å². The van der Waals surface area contributed by atoms with Crippen molar-refractivity contribution in [3.05, 3.63) is 0 Å². The third-order valence-electron chi connectivity index (χ3n) is 4.01. The third-order valence-corrected chi connectivity index (χ3v) is 4.77. The molecule has 0 aromatic carbocycles. The monoisotopic (exact) mass is 506 g/mol. The minimum atomic E-state index is -0.193. The van der Waals surface area contributed by atoms with Gasteiger partial charge in [0.25, 0.3) is 0 Å². The molecule has 0 aliphatic rings. The zero-order valence-electron chi connectivity index (χ0n) is 16.9. The Labute approximate surface area is 197 Å². The van der Waals surface area contributed by atoms with Crippen molar-refractivity contribution in [1.82, 2.24) is 20.4 Å². The standard InChI is InChI=1S/C18H30Cl4N4O4/c19-5-1-15(27)23-9-11-25(17(29)3-7-21)13-14-26(18(30)4-8-22)12-10-24-16(28)2-6-20/h1-14H2,(H,23,27)(H,24,28). The normalized spacial score (nSPS) is 10.4. The van der Waals surface area contributed by atoms with Crippen LogP contribution in [0.4, 0.5) is 0 Å². The lowest BCUT2D eigenvalue weighted by Gasteiger charge is -2.28. The van der Waals surface area contributed by atoms with E-state index in [0.29, 0.717) is 0 Å². The molecule has 0 aromatic rings. The van der Waals surface area contributed by atoms with Gasteiger partial charge < -0.3 is 20.4 Å². The number of hydrogen-bond donors (Lipinski definition) is 2. The van der Waals surface area contributed by atoms with E-state index in [-0.39, 0.29) is 112 Å². The summed E-state index contributed by atoms with van der Waals surface area (Å²) in [5.41, 5.74) is 0. The Morgan fingerprint density at radius 3 is 1.17 bits per heavy atom. The van der Waals surface area contributed by atoms with Crippen molar-refractivity contribution < 1.29 is 19.2 Å². The smallest absolute Gasteiger partial charge is 0.223 e. The molecule has 0 saturated carbocycles. The van der Waals surface area contributed by atoms with E-state index in [1.807, 2.05) is 0 Å². The van der Waals surface area contributed by atoms with Crippen LogP contribution in [0.15, 0.2) is 0 Å². The van der Waals surface area contributed by atoms with E-state index in [9.17, 15) is 19.2 Å². The second-order valence-electron chi connectivity index (χ2n) is 6.22. The number of hydrogen-bond acceptors (Lipinski definition) is 4. The molecule has 4 amide bonds. The first-order valence-corrected chi connectivity index (χ1v) is 11.9. The Kier molecular flexibility index (Phi) is 18.2. The number of carbonyl (C=O) groups excluding carboxylic acids is 4. The highest BCUT2D eigenvalue weighted by atomic mass is 35.5. The van der Waals surface area contributed by atoms with Gasteiger partial charge in [0.1, 0.15) is 0 Å². The first-order valence-electron chi connectivity index (χ1n) is 9.72. The maximum absolute atomic E-state index is 12.3.